The van der Waals surface area contributed by atoms with Crippen molar-refractivity contribution < 1.29 is 4.79 Å². The lowest BCUT2D eigenvalue weighted by molar-refractivity contribution is -0.138. The number of hydrogen-bond donors (Lipinski definition) is 1. The van der Waals surface area contributed by atoms with Crippen LogP contribution in [0.25, 0.3) is 0 Å². The first kappa shape index (κ1) is 18.0. The first-order valence-corrected chi connectivity index (χ1v) is 8.97. The number of amides is 1. The van der Waals surface area contributed by atoms with Crippen LogP contribution in [-0.2, 0) is 4.79 Å². The van der Waals surface area contributed by atoms with Gasteiger partial charge in [0, 0.05) is 26.2 Å². The normalized spacial score (nSPS) is 16.6. The molecule has 1 atom stereocenters. The number of carbonyl (C=O) groups excluding carboxylic acids is 1. The highest BCUT2D eigenvalue weighted by Gasteiger charge is 2.31. The largest absolute Gasteiger partial charge is 0.338 e. The van der Waals surface area contributed by atoms with Gasteiger partial charge in [-0.1, -0.05) is 43.7 Å². The van der Waals surface area contributed by atoms with Gasteiger partial charge in [-0.05, 0) is 38.4 Å². The summed E-state index contributed by atoms with van der Waals surface area (Å²) in [6.45, 7) is 11.8. The second kappa shape index (κ2) is 9.04. The number of rotatable bonds is 7. The molecule has 1 amide bonds. The molecule has 1 heterocycles. The van der Waals surface area contributed by atoms with Gasteiger partial charge in [0.15, 0.2) is 0 Å². The molecule has 0 aliphatic carbocycles. The van der Waals surface area contributed by atoms with Crippen molar-refractivity contribution in [3.8, 4) is 0 Å². The maximum absolute atomic E-state index is 13.2. The summed E-state index contributed by atoms with van der Waals surface area (Å²) in [6.07, 6.45) is 2.13. The molecule has 1 aromatic rings. The SMILES string of the molecule is CCCN(CCC)C(C(=O)N1CCNCC1)c1ccc(C)cc1. The highest BCUT2D eigenvalue weighted by atomic mass is 16.2. The summed E-state index contributed by atoms with van der Waals surface area (Å²) < 4.78 is 0. The lowest BCUT2D eigenvalue weighted by Crippen LogP contribution is -2.51. The molecule has 23 heavy (non-hydrogen) atoms. The molecule has 1 N–H and O–H groups in total. The molecule has 1 saturated heterocycles. The Kier molecular flexibility index (Phi) is 7.06. The number of benzene rings is 1. The molecule has 0 spiro atoms. The maximum Gasteiger partial charge on any atom is 0.244 e. The number of aryl methyl sites for hydroxylation is 1. The number of nitrogens with one attached hydrogen (secondary N) is 1. The predicted molar refractivity (Wildman–Crippen MR) is 95.5 cm³/mol. The fraction of sp³-hybridized carbons (Fsp3) is 0.632. The van der Waals surface area contributed by atoms with Gasteiger partial charge in [-0.15, -0.1) is 0 Å². The number of hydrogen-bond acceptors (Lipinski definition) is 3. The van der Waals surface area contributed by atoms with Crippen LogP contribution in [0.1, 0.15) is 43.9 Å². The monoisotopic (exact) mass is 317 g/mol. The third kappa shape index (κ3) is 4.79. The maximum atomic E-state index is 13.2. The van der Waals surface area contributed by atoms with Crippen molar-refractivity contribution in [3.05, 3.63) is 35.4 Å². The van der Waals surface area contributed by atoms with E-state index in [0.717, 1.165) is 57.7 Å². The smallest absolute Gasteiger partial charge is 0.244 e. The van der Waals surface area contributed by atoms with E-state index in [-0.39, 0.29) is 11.9 Å². The van der Waals surface area contributed by atoms with E-state index in [9.17, 15) is 4.79 Å². The molecule has 1 aromatic carbocycles. The minimum Gasteiger partial charge on any atom is -0.338 e. The zero-order valence-corrected chi connectivity index (χ0v) is 14.8. The Morgan fingerprint density at radius 2 is 1.70 bits per heavy atom. The molecule has 2 rings (SSSR count). The molecule has 4 heteroatoms. The number of piperazine rings is 1. The average Bonchev–Trinajstić information content (AvgIpc) is 2.58. The summed E-state index contributed by atoms with van der Waals surface area (Å²) in [6, 6.07) is 8.33. The van der Waals surface area contributed by atoms with E-state index in [2.05, 4.69) is 55.3 Å². The van der Waals surface area contributed by atoms with Crippen LogP contribution in [0.2, 0.25) is 0 Å². The van der Waals surface area contributed by atoms with E-state index in [1.54, 1.807) is 0 Å². The van der Waals surface area contributed by atoms with E-state index in [4.69, 9.17) is 0 Å². The fourth-order valence-electron chi connectivity index (χ4n) is 3.26. The van der Waals surface area contributed by atoms with Crippen molar-refractivity contribution in [2.24, 2.45) is 0 Å². The highest BCUT2D eigenvalue weighted by Crippen LogP contribution is 2.25. The van der Waals surface area contributed by atoms with Crippen molar-refractivity contribution >= 4 is 5.91 Å². The van der Waals surface area contributed by atoms with Gasteiger partial charge >= 0.3 is 0 Å². The molecular formula is C19H31N3O. The Hall–Kier alpha value is -1.39. The summed E-state index contributed by atoms with van der Waals surface area (Å²) in [7, 11) is 0. The molecule has 1 fully saturated rings. The summed E-state index contributed by atoms with van der Waals surface area (Å²) in [5, 5.41) is 3.33. The van der Waals surface area contributed by atoms with Crippen LogP contribution >= 0.6 is 0 Å². The van der Waals surface area contributed by atoms with E-state index in [1.165, 1.54) is 5.56 Å². The third-order valence-electron chi connectivity index (χ3n) is 4.44. The van der Waals surface area contributed by atoms with Crippen molar-refractivity contribution in [2.75, 3.05) is 39.3 Å². The van der Waals surface area contributed by atoms with Gasteiger partial charge in [0.1, 0.15) is 6.04 Å². The lowest BCUT2D eigenvalue weighted by Gasteiger charge is -2.36. The van der Waals surface area contributed by atoms with Crippen LogP contribution < -0.4 is 5.32 Å². The van der Waals surface area contributed by atoms with Gasteiger partial charge < -0.3 is 10.2 Å². The zero-order valence-electron chi connectivity index (χ0n) is 14.8. The van der Waals surface area contributed by atoms with Crippen molar-refractivity contribution in [1.29, 1.82) is 0 Å². The molecule has 0 bridgehead atoms. The molecule has 0 aromatic heterocycles. The standard InChI is InChI=1S/C19H31N3O/c1-4-12-21(13-5-2)18(17-8-6-16(3)7-9-17)19(23)22-14-10-20-11-15-22/h6-9,18,20H,4-5,10-15H2,1-3H3. The van der Waals surface area contributed by atoms with Gasteiger partial charge in [-0.3, -0.25) is 9.69 Å². The third-order valence-corrected chi connectivity index (χ3v) is 4.44. The second-order valence-corrected chi connectivity index (χ2v) is 6.42. The minimum atomic E-state index is -0.145. The van der Waals surface area contributed by atoms with E-state index < -0.39 is 0 Å². The second-order valence-electron chi connectivity index (χ2n) is 6.42. The van der Waals surface area contributed by atoms with Crippen molar-refractivity contribution in [3.63, 3.8) is 0 Å². The lowest BCUT2D eigenvalue weighted by atomic mass is 10.0. The van der Waals surface area contributed by atoms with Crippen LogP contribution in [0.15, 0.2) is 24.3 Å². The van der Waals surface area contributed by atoms with E-state index in [0.29, 0.717) is 0 Å². The minimum absolute atomic E-state index is 0.145. The van der Waals surface area contributed by atoms with Gasteiger partial charge in [0.05, 0.1) is 0 Å². The topological polar surface area (TPSA) is 35.6 Å². The van der Waals surface area contributed by atoms with Crippen LogP contribution in [0.3, 0.4) is 0 Å². The fourth-order valence-corrected chi connectivity index (χ4v) is 3.26. The molecule has 1 aliphatic heterocycles. The Bertz CT molecular complexity index is 474. The zero-order chi connectivity index (χ0) is 16.7. The number of carbonyl (C=O) groups is 1. The molecule has 1 unspecified atom stereocenters. The van der Waals surface area contributed by atoms with Gasteiger partial charge in [0.2, 0.25) is 5.91 Å². The average molecular weight is 317 g/mol. The first-order valence-electron chi connectivity index (χ1n) is 8.97. The molecule has 128 valence electrons. The Labute approximate surface area is 140 Å². The van der Waals surface area contributed by atoms with Crippen LogP contribution in [0.5, 0.6) is 0 Å². The van der Waals surface area contributed by atoms with Crippen LogP contribution in [0, 0.1) is 6.92 Å². The molecular weight excluding hydrogens is 286 g/mol. The van der Waals surface area contributed by atoms with E-state index in [1.807, 2.05) is 4.90 Å². The van der Waals surface area contributed by atoms with Gasteiger partial charge in [-0.2, -0.15) is 0 Å². The van der Waals surface area contributed by atoms with Crippen molar-refractivity contribution in [1.82, 2.24) is 15.1 Å². The van der Waals surface area contributed by atoms with Crippen LogP contribution in [0.4, 0.5) is 0 Å². The summed E-state index contributed by atoms with van der Waals surface area (Å²) in [5.74, 6) is 0.261. The highest BCUT2D eigenvalue weighted by molar-refractivity contribution is 5.83. The van der Waals surface area contributed by atoms with Gasteiger partial charge in [-0.25, -0.2) is 0 Å². The van der Waals surface area contributed by atoms with Gasteiger partial charge in [0.25, 0.3) is 0 Å². The van der Waals surface area contributed by atoms with E-state index >= 15 is 0 Å². The summed E-state index contributed by atoms with van der Waals surface area (Å²) in [4.78, 5) is 17.6. The summed E-state index contributed by atoms with van der Waals surface area (Å²) in [5.41, 5.74) is 2.36. The Balaban J connectivity index is 2.28. The quantitative estimate of drug-likeness (QED) is 0.839. The van der Waals surface area contributed by atoms with Crippen molar-refractivity contribution in [2.45, 2.75) is 39.7 Å². The first-order chi connectivity index (χ1) is 11.2. The molecule has 1 aliphatic rings. The van der Waals surface area contributed by atoms with Crippen LogP contribution in [-0.4, -0.2) is 55.0 Å². The molecule has 0 radical (unpaired) electrons. The predicted octanol–water partition coefficient (Wildman–Crippen LogP) is 2.59. The molecule has 0 saturated carbocycles. The Morgan fingerprint density at radius 3 is 2.22 bits per heavy atom. The summed E-state index contributed by atoms with van der Waals surface area (Å²) >= 11 is 0. The number of nitrogens with zero attached hydrogens (tertiary/aromatic N) is 2. The molecule has 4 nitrogen and oxygen atoms in total. The Morgan fingerprint density at radius 1 is 1.13 bits per heavy atom.